The first-order valence-electron chi connectivity index (χ1n) is 5.51. The van der Waals surface area contributed by atoms with E-state index < -0.39 is 18.0 Å². The van der Waals surface area contributed by atoms with E-state index in [0.29, 0.717) is 10.8 Å². The van der Waals surface area contributed by atoms with Crippen molar-refractivity contribution in [3.8, 4) is 0 Å². The van der Waals surface area contributed by atoms with E-state index in [1.165, 1.54) is 16.7 Å². The van der Waals surface area contributed by atoms with E-state index in [0.717, 1.165) is 0 Å². The van der Waals surface area contributed by atoms with E-state index in [-0.39, 0.29) is 12.2 Å². The van der Waals surface area contributed by atoms with Gasteiger partial charge in [-0.05, 0) is 6.92 Å². The summed E-state index contributed by atoms with van der Waals surface area (Å²) >= 11 is 1.17. The number of thiazole rings is 1. The number of hydrogen-bond donors (Lipinski definition) is 4. The quantitative estimate of drug-likeness (QED) is 0.603. The van der Waals surface area contributed by atoms with Crippen LogP contribution < -0.4 is 10.6 Å². The smallest absolute Gasteiger partial charge is 0.355 e. The number of hydrogen-bond acceptors (Lipinski definition) is 7. The SMILES string of the molecule is CC(NC(=O)NCc1nn[nH]n1)c1nc(C(=O)O)cs1. The highest BCUT2D eigenvalue weighted by atomic mass is 32.1. The van der Waals surface area contributed by atoms with Crippen molar-refractivity contribution in [2.45, 2.75) is 19.5 Å². The Morgan fingerprint density at radius 2 is 2.35 bits per heavy atom. The fourth-order valence-corrected chi connectivity index (χ4v) is 2.11. The molecule has 1 unspecified atom stereocenters. The molecule has 0 fully saturated rings. The van der Waals surface area contributed by atoms with Crippen LogP contribution in [0.2, 0.25) is 0 Å². The Kier molecular flexibility index (Phi) is 4.20. The highest BCUT2D eigenvalue weighted by Gasteiger charge is 2.15. The van der Waals surface area contributed by atoms with Crippen molar-refractivity contribution in [3.63, 3.8) is 0 Å². The number of aromatic nitrogens is 5. The molecule has 1 atom stereocenters. The van der Waals surface area contributed by atoms with Gasteiger partial charge in [-0.15, -0.1) is 21.5 Å². The molecule has 20 heavy (non-hydrogen) atoms. The molecule has 2 heterocycles. The number of carbonyl (C=O) groups is 2. The fraction of sp³-hybridized carbons (Fsp3) is 0.333. The molecule has 4 N–H and O–H groups in total. The normalized spacial score (nSPS) is 11.8. The maximum Gasteiger partial charge on any atom is 0.355 e. The lowest BCUT2D eigenvalue weighted by Crippen LogP contribution is -2.36. The number of carbonyl (C=O) groups excluding carboxylic acids is 1. The molecule has 0 aromatic carbocycles. The number of carboxylic acid groups (broad SMARTS) is 1. The largest absolute Gasteiger partial charge is 0.476 e. The average molecular weight is 297 g/mol. The number of urea groups is 1. The molecule has 2 amide bonds. The van der Waals surface area contributed by atoms with E-state index in [1.54, 1.807) is 6.92 Å². The van der Waals surface area contributed by atoms with Crippen LogP contribution in [0.1, 0.15) is 34.3 Å². The van der Waals surface area contributed by atoms with Crippen LogP contribution in [-0.2, 0) is 6.54 Å². The molecule has 11 heteroatoms. The van der Waals surface area contributed by atoms with E-state index >= 15 is 0 Å². The number of amides is 2. The van der Waals surface area contributed by atoms with Crippen molar-refractivity contribution in [1.82, 2.24) is 36.2 Å². The summed E-state index contributed by atoms with van der Waals surface area (Å²) in [5, 5.41) is 28.9. The second-order valence-corrected chi connectivity index (χ2v) is 4.64. The third kappa shape index (κ3) is 3.47. The molecule has 0 saturated heterocycles. The molecule has 0 saturated carbocycles. The lowest BCUT2D eigenvalue weighted by molar-refractivity contribution is 0.0691. The minimum Gasteiger partial charge on any atom is -0.476 e. The predicted octanol–water partition coefficient (Wildman–Crippen LogP) is -0.0852. The summed E-state index contributed by atoms with van der Waals surface area (Å²) in [6, 6.07) is -0.840. The van der Waals surface area contributed by atoms with Crippen LogP contribution in [0.5, 0.6) is 0 Å². The molecule has 0 spiro atoms. The maximum atomic E-state index is 11.6. The Morgan fingerprint density at radius 3 is 2.95 bits per heavy atom. The molecule has 0 aliphatic carbocycles. The van der Waals surface area contributed by atoms with E-state index in [4.69, 9.17) is 5.11 Å². The van der Waals surface area contributed by atoms with Crippen molar-refractivity contribution in [1.29, 1.82) is 0 Å². The summed E-state index contributed by atoms with van der Waals surface area (Å²) < 4.78 is 0. The topological polar surface area (TPSA) is 146 Å². The average Bonchev–Trinajstić information content (AvgIpc) is 3.07. The minimum absolute atomic E-state index is 0.0362. The molecule has 2 rings (SSSR count). The van der Waals surface area contributed by atoms with Gasteiger partial charge in [0, 0.05) is 5.38 Å². The van der Waals surface area contributed by atoms with Gasteiger partial charge in [-0.3, -0.25) is 0 Å². The second kappa shape index (κ2) is 6.06. The van der Waals surface area contributed by atoms with Gasteiger partial charge in [0.05, 0.1) is 12.6 Å². The molecule has 106 valence electrons. The Hall–Kier alpha value is -2.56. The standard InChI is InChI=1S/C9H11N7O3S/c1-4(7-12-5(3-20-7)8(17)18)11-9(19)10-2-6-13-15-16-14-6/h3-4H,2H2,1H3,(H,17,18)(H2,10,11,19)(H,13,14,15,16). The Bertz CT molecular complexity index is 596. The summed E-state index contributed by atoms with van der Waals surface area (Å²) in [4.78, 5) is 26.2. The maximum absolute atomic E-state index is 11.6. The minimum atomic E-state index is -1.10. The number of nitrogens with one attached hydrogen (secondary N) is 3. The summed E-state index contributed by atoms with van der Waals surface area (Å²) in [5.41, 5.74) is -0.0362. The number of nitrogens with zero attached hydrogens (tertiary/aromatic N) is 4. The first-order chi connectivity index (χ1) is 9.56. The van der Waals surface area contributed by atoms with Crippen LogP contribution in [0.3, 0.4) is 0 Å². The van der Waals surface area contributed by atoms with Gasteiger partial charge in [-0.2, -0.15) is 5.21 Å². The van der Waals surface area contributed by atoms with Gasteiger partial charge in [-0.25, -0.2) is 14.6 Å². The summed E-state index contributed by atoms with van der Waals surface area (Å²) in [5.74, 6) is -0.739. The van der Waals surface area contributed by atoms with Crippen LogP contribution >= 0.6 is 11.3 Å². The lowest BCUT2D eigenvalue weighted by atomic mass is 10.3. The molecule has 0 bridgehead atoms. The fourth-order valence-electron chi connectivity index (χ4n) is 1.31. The van der Waals surface area contributed by atoms with Crippen LogP contribution in [-0.4, -0.2) is 42.7 Å². The van der Waals surface area contributed by atoms with Crippen molar-refractivity contribution in [2.24, 2.45) is 0 Å². The van der Waals surface area contributed by atoms with E-state index in [1.807, 2.05) is 0 Å². The van der Waals surface area contributed by atoms with Gasteiger partial charge >= 0.3 is 12.0 Å². The number of aromatic amines is 1. The molecule has 0 aliphatic heterocycles. The predicted molar refractivity (Wildman–Crippen MR) is 67.0 cm³/mol. The number of H-pyrrole nitrogens is 1. The Morgan fingerprint density at radius 1 is 1.55 bits per heavy atom. The van der Waals surface area contributed by atoms with Gasteiger partial charge in [0.25, 0.3) is 0 Å². The van der Waals surface area contributed by atoms with Crippen molar-refractivity contribution in [3.05, 3.63) is 21.9 Å². The van der Waals surface area contributed by atoms with Crippen LogP contribution in [0.4, 0.5) is 4.79 Å². The second-order valence-electron chi connectivity index (χ2n) is 3.75. The van der Waals surface area contributed by atoms with Gasteiger partial charge < -0.3 is 15.7 Å². The van der Waals surface area contributed by atoms with Gasteiger partial charge in [0.15, 0.2) is 11.5 Å². The first kappa shape index (κ1) is 13.9. The zero-order valence-corrected chi connectivity index (χ0v) is 11.1. The van der Waals surface area contributed by atoms with E-state index in [2.05, 4.69) is 36.2 Å². The zero-order chi connectivity index (χ0) is 14.5. The lowest BCUT2D eigenvalue weighted by Gasteiger charge is -2.11. The highest BCUT2D eigenvalue weighted by molar-refractivity contribution is 7.09. The first-order valence-corrected chi connectivity index (χ1v) is 6.39. The Labute approximate surface area is 116 Å². The van der Waals surface area contributed by atoms with Crippen molar-refractivity contribution < 1.29 is 14.7 Å². The third-order valence-corrected chi connectivity index (χ3v) is 3.28. The van der Waals surface area contributed by atoms with Crippen LogP contribution in [0.25, 0.3) is 0 Å². The van der Waals surface area contributed by atoms with E-state index in [9.17, 15) is 9.59 Å². The molecular formula is C9H11N7O3S. The van der Waals surface area contributed by atoms with Crippen molar-refractivity contribution >= 4 is 23.3 Å². The molecule has 0 aliphatic rings. The third-order valence-electron chi connectivity index (χ3n) is 2.26. The number of rotatable bonds is 5. The highest BCUT2D eigenvalue weighted by Crippen LogP contribution is 2.17. The monoisotopic (exact) mass is 297 g/mol. The summed E-state index contributed by atoms with van der Waals surface area (Å²) in [6.45, 7) is 1.84. The Balaban J connectivity index is 1.85. The number of carboxylic acids is 1. The molecule has 10 nitrogen and oxygen atoms in total. The van der Waals surface area contributed by atoms with Gasteiger partial charge in [0.1, 0.15) is 5.01 Å². The number of tetrazole rings is 1. The van der Waals surface area contributed by atoms with Gasteiger partial charge in [-0.1, -0.05) is 5.21 Å². The molecular weight excluding hydrogens is 286 g/mol. The molecule has 2 aromatic rings. The van der Waals surface area contributed by atoms with Crippen LogP contribution in [0.15, 0.2) is 5.38 Å². The molecule has 0 radical (unpaired) electrons. The van der Waals surface area contributed by atoms with Crippen LogP contribution in [0, 0.1) is 0 Å². The summed E-state index contributed by atoms with van der Waals surface area (Å²) in [6.07, 6.45) is 0. The molecule has 2 aromatic heterocycles. The summed E-state index contributed by atoms with van der Waals surface area (Å²) in [7, 11) is 0. The van der Waals surface area contributed by atoms with Crippen molar-refractivity contribution in [2.75, 3.05) is 0 Å². The van der Waals surface area contributed by atoms with Gasteiger partial charge in [0.2, 0.25) is 0 Å². The number of aromatic carboxylic acids is 1. The zero-order valence-electron chi connectivity index (χ0n) is 10.3.